The summed E-state index contributed by atoms with van der Waals surface area (Å²) < 4.78 is 13.5. The molecule has 27 heavy (non-hydrogen) atoms. The highest BCUT2D eigenvalue weighted by Gasteiger charge is 2.33. The first kappa shape index (κ1) is 15.9. The van der Waals surface area contributed by atoms with Crippen LogP contribution in [-0.4, -0.2) is 37.3 Å². The molecule has 5 rings (SSSR count). The number of halogens is 1. The van der Waals surface area contributed by atoms with Crippen LogP contribution in [0.1, 0.15) is 35.1 Å². The number of hydrogen-bond donors (Lipinski definition) is 1. The Morgan fingerprint density at radius 1 is 1.15 bits per heavy atom. The Morgan fingerprint density at radius 3 is 2.96 bits per heavy atom. The van der Waals surface area contributed by atoms with Gasteiger partial charge in [0.1, 0.15) is 17.2 Å². The minimum atomic E-state index is -0.314. The lowest BCUT2D eigenvalue weighted by Gasteiger charge is -2.23. The fraction of sp³-hybridized carbons (Fsp3) is 0.200. The van der Waals surface area contributed by atoms with E-state index in [1.54, 1.807) is 24.5 Å². The van der Waals surface area contributed by atoms with Gasteiger partial charge in [0.25, 0.3) is 5.91 Å². The molecule has 1 amide bonds. The zero-order valence-corrected chi connectivity index (χ0v) is 14.4. The van der Waals surface area contributed by atoms with Gasteiger partial charge < -0.3 is 9.88 Å². The number of carbonyl (C=O) groups is 1. The van der Waals surface area contributed by atoms with Crippen LogP contribution in [0.25, 0.3) is 22.1 Å². The number of amides is 1. The van der Waals surface area contributed by atoms with Crippen molar-refractivity contribution in [2.75, 3.05) is 6.54 Å². The molecule has 134 valence electrons. The molecule has 0 spiro atoms. The SMILES string of the molecule is O=C(c1cccc2nccnc12)N1CCC[C@@H]1c1nc2ccc(F)cc2[nH]1. The van der Waals surface area contributed by atoms with E-state index in [1.165, 1.54) is 12.1 Å². The fourth-order valence-corrected chi connectivity index (χ4v) is 3.77. The summed E-state index contributed by atoms with van der Waals surface area (Å²) in [4.78, 5) is 31.5. The Labute approximate surface area is 154 Å². The number of H-pyrrole nitrogens is 1. The lowest BCUT2D eigenvalue weighted by molar-refractivity contribution is 0.0732. The number of likely N-dealkylation sites (tertiary alicyclic amines) is 1. The van der Waals surface area contributed by atoms with Crippen LogP contribution in [0.5, 0.6) is 0 Å². The molecule has 3 heterocycles. The van der Waals surface area contributed by atoms with Crippen molar-refractivity contribution in [1.82, 2.24) is 24.8 Å². The average molecular weight is 361 g/mol. The number of aromatic amines is 1. The highest BCUT2D eigenvalue weighted by Crippen LogP contribution is 2.33. The Kier molecular flexibility index (Phi) is 3.60. The number of imidazole rings is 1. The fourth-order valence-electron chi connectivity index (χ4n) is 3.77. The largest absolute Gasteiger partial charge is 0.340 e. The molecule has 0 saturated carbocycles. The van der Waals surface area contributed by atoms with Gasteiger partial charge in [0, 0.05) is 18.9 Å². The van der Waals surface area contributed by atoms with Crippen LogP contribution in [0.4, 0.5) is 4.39 Å². The number of benzene rings is 2. The van der Waals surface area contributed by atoms with Gasteiger partial charge in [-0.1, -0.05) is 6.07 Å². The van der Waals surface area contributed by atoms with Crippen molar-refractivity contribution in [3.8, 4) is 0 Å². The highest BCUT2D eigenvalue weighted by atomic mass is 19.1. The van der Waals surface area contributed by atoms with E-state index in [0.717, 1.165) is 12.8 Å². The van der Waals surface area contributed by atoms with Gasteiger partial charge in [-0.2, -0.15) is 0 Å². The van der Waals surface area contributed by atoms with Gasteiger partial charge in [-0.15, -0.1) is 0 Å². The first-order valence-corrected chi connectivity index (χ1v) is 8.86. The maximum absolute atomic E-state index is 13.5. The molecule has 0 aliphatic carbocycles. The highest BCUT2D eigenvalue weighted by molar-refractivity contribution is 6.04. The summed E-state index contributed by atoms with van der Waals surface area (Å²) in [7, 11) is 0. The van der Waals surface area contributed by atoms with E-state index in [0.29, 0.717) is 40.0 Å². The van der Waals surface area contributed by atoms with Gasteiger partial charge >= 0.3 is 0 Å². The van der Waals surface area contributed by atoms with Gasteiger partial charge in [-0.25, -0.2) is 9.37 Å². The maximum atomic E-state index is 13.5. The normalized spacial score (nSPS) is 17.1. The predicted octanol–water partition coefficient (Wildman–Crippen LogP) is 3.62. The smallest absolute Gasteiger partial charge is 0.256 e. The summed E-state index contributed by atoms with van der Waals surface area (Å²) in [6, 6.07) is 9.73. The molecule has 0 radical (unpaired) electrons. The van der Waals surface area contributed by atoms with Crippen molar-refractivity contribution in [2.24, 2.45) is 0 Å². The van der Waals surface area contributed by atoms with Crippen LogP contribution < -0.4 is 0 Å². The lowest BCUT2D eigenvalue weighted by Crippen LogP contribution is -2.31. The average Bonchev–Trinajstić information content (AvgIpc) is 3.33. The zero-order valence-electron chi connectivity index (χ0n) is 14.4. The molecule has 0 bridgehead atoms. The van der Waals surface area contributed by atoms with Gasteiger partial charge in [-0.05, 0) is 43.2 Å². The number of fused-ring (bicyclic) bond motifs is 2. The molecule has 2 aromatic carbocycles. The Morgan fingerprint density at radius 2 is 2.04 bits per heavy atom. The summed E-state index contributed by atoms with van der Waals surface area (Å²) in [6.07, 6.45) is 4.90. The number of rotatable bonds is 2. The number of nitrogens with one attached hydrogen (secondary N) is 1. The van der Waals surface area contributed by atoms with Crippen molar-refractivity contribution in [3.05, 3.63) is 66.0 Å². The summed E-state index contributed by atoms with van der Waals surface area (Å²) in [5, 5.41) is 0. The van der Waals surface area contributed by atoms with Crippen LogP contribution in [-0.2, 0) is 0 Å². The summed E-state index contributed by atoms with van der Waals surface area (Å²) >= 11 is 0. The molecule has 1 N–H and O–H groups in total. The van der Waals surface area contributed by atoms with E-state index in [-0.39, 0.29) is 17.8 Å². The Balaban J connectivity index is 1.54. The summed E-state index contributed by atoms with van der Waals surface area (Å²) in [5.74, 6) is 0.286. The third kappa shape index (κ3) is 2.63. The number of hydrogen-bond acceptors (Lipinski definition) is 4. The third-order valence-electron chi connectivity index (χ3n) is 5.02. The van der Waals surface area contributed by atoms with Gasteiger partial charge in [0.2, 0.25) is 0 Å². The minimum Gasteiger partial charge on any atom is -0.340 e. The molecular formula is C20H16FN5O. The van der Waals surface area contributed by atoms with Crippen molar-refractivity contribution < 1.29 is 9.18 Å². The predicted molar refractivity (Wildman–Crippen MR) is 98.6 cm³/mol. The van der Waals surface area contributed by atoms with E-state index >= 15 is 0 Å². The molecule has 0 unspecified atom stereocenters. The lowest BCUT2D eigenvalue weighted by atomic mass is 10.1. The molecule has 4 aromatic rings. The first-order valence-electron chi connectivity index (χ1n) is 8.86. The van der Waals surface area contributed by atoms with Crippen LogP contribution >= 0.6 is 0 Å². The molecule has 7 heteroatoms. The van der Waals surface area contributed by atoms with Crippen molar-refractivity contribution >= 4 is 28.0 Å². The van der Waals surface area contributed by atoms with Crippen LogP contribution in [0.3, 0.4) is 0 Å². The minimum absolute atomic E-state index is 0.0877. The monoisotopic (exact) mass is 361 g/mol. The molecule has 1 fully saturated rings. The molecule has 1 aliphatic rings. The van der Waals surface area contributed by atoms with E-state index in [4.69, 9.17) is 0 Å². The van der Waals surface area contributed by atoms with E-state index in [9.17, 15) is 9.18 Å². The molecule has 6 nitrogen and oxygen atoms in total. The van der Waals surface area contributed by atoms with Crippen LogP contribution in [0.2, 0.25) is 0 Å². The third-order valence-corrected chi connectivity index (χ3v) is 5.02. The number of para-hydroxylation sites is 1. The van der Waals surface area contributed by atoms with Crippen molar-refractivity contribution in [1.29, 1.82) is 0 Å². The van der Waals surface area contributed by atoms with Crippen LogP contribution in [0.15, 0.2) is 48.8 Å². The first-order chi connectivity index (χ1) is 13.2. The topological polar surface area (TPSA) is 74.8 Å². The zero-order chi connectivity index (χ0) is 18.4. The molecule has 1 aliphatic heterocycles. The molecular weight excluding hydrogens is 345 g/mol. The molecule has 2 aromatic heterocycles. The second kappa shape index (κ2) is 6.12. The van der Waals surface area contributed by atoms with Crippen molar-refractivity contribution in [3.63, 3.8) is 0 Å². The second-order valence-electron chi connectivity index (χ2n) is 6.67. The summed E-state index contributed by atoms with van der Waals surface area (Å²) in [6.45, 7) is 0.644. The standard InChI is InChI=1S/C20H16FN5O/c21-12-6-7-14-16(11-12)25-19(24-14)17-5-2-10-26(17)20(27)13-3-1-4-15-18(13)23-9-8-22-15/h1,3-4,6-9,11,17H,2,5,10H2,(H,24,25)/t17-/m1/s1. The molecule has 1 atom stereocenters. The maximum Gasteiger partial charge on any atom is 0.256 e. The van der Waals surface area contributed by atoms with Crippen LogP contribution in [0, 0.1) is 5.82 Å². The number of carbonyl (C=O) groups excluding carboxylic acids is 1. The quantitative estimate of drug-likeness (QED) is 0.592. The van der Waals surface area contributed by atoms with Crippen molar-refractivity contribution in [2.45, 2.75) is 18.9 Å². The van der Waals surface area contributed by atoms with Gasteiger partial charge in [0.05, 0.1) is 28.2 Å². The number of nitrogens with zero attached hydrogens (tertiary/aromatic N) is 4. The van der Waals surface area contributed by atoms with E-state index in [1.807, 2.05) is 17.0 Å². The Hall–Kier alpha value is -3.35. The van der Waals surface area contributed by atoms with E-state index in [2.05, 4.69) is 19.9 Å². The van der Waals surface area contributed by atoms with E-state index < -0.39 is 0 Å². The number of aromatic nitrogens is 4. The Bertz CT molecular complexity index is 1170. The molecule has 1 saturated heterocycles. The van der Waals surface area contributed by atoms with Gasteiger partial charge in [0.15, 0.2) is 0 Å². The summed E-state index contributed by atoms with van der Waals surface area (Å²) in [5.41, 5.74) is 3.16. The second-order valence-corrected chi connectivity index (χ2v) is 6.67. The van der Waals surface area contributed by atoms with Gasteiger partial charge in [-0.3, -0.25) is 14.8 Å².